The van der Waals surface area contributed by atoms with Crippen LogP contribution in [0.2, 0.25) is 0 Å². The Morgan fingerprint density at radius 2 is 1.63 bits per heavy atom. The molecule has 2 heterocycles. The van der Waals surface area contributed by atoms with E-state index in [1.54, 1.807) is 0 Å². The van der Waals surface area contributed by atoms with E-state index >= 15 is 0 Å². The van der Waals surface area contributed by atoms with Gasteiger partial charge in [-0.2, -0.15) is 0 Å². The Morgan fingerprint density at radius 1 is 0.914 bits per heavy atom. The molecule has 5 aromatic rings. The van der Waals surface area contributed by atoms with Gasteiger partial charge < -0.3 is 14.7 Å². The van der Waals surface area contributed by atoms with Gasteiger partial charge in [0.25, 0.3) is 0 Å². The molecule has 0 fully saturated rings. The number of para-hydroxylation sites is 2. The highest BCUT2D eigenvalue weighted by atomic mass is 16.3. The number of benzene rings is 3. The maximum absolute atomic E-state index is 13.9. The molecule has 5 heteroatoms. The van der Waals surface area contributed by atoms with E-state index < -0.39 is 11.1 Å². The van der Waals surface area contributed by atoms with Crippen LogP contribution in [0.25, 0.3) is 21.9 Å². The van der Waals surface area contributed by atoms with Gasteiger partial charge in [0, 0.05) is 28.9 Å². The second-order valence-corrected chi connectivity index (χ2v) is 9.92. The Balaban J connectivity index is 1.44. The second kappa shape index (κ2) is 9.08. The van der Waals surface area contributed by atoms with Gasteiger partial charge >= 0.3 is 0 Å². The zero-order chi connectivity index (χ0) is 24.5. The number of hydrogen-bond donors (Lipinski definition) is 3. The van der Waals surface area contributed by atoms with Crippen LogP contribution >= 0.6 is 0 Å². The van der Waals surface area contributed by atoms with Crippen molar-refractivity contribution in [2.24, 2.45) is 0 Å². The van der Waals surface area contributed by atoms with Crippen LogP contribution in [0.5, 0.6) is 0 Å². The van der Waals surface area contributed by atoms with E-state index in [0.29, 0.717) is 13.0 Å². The first kappa shape index (κ1) is 22.9. The number of fused-ring (bicyclic) bond motifs is 2. The lowest BCUT2D eigenvalue weighted by Gasteiger charge is -2.35. The van der Waals surface area contributed by atoms with Crippen LogP contribution in [-0.4, -0.2) is 16.4 Å². The molecule has 3 N–H and O–H groups in total. The lowest BCUT2D eigenvalue weighted by Crippen LogP contribution is -2.59. The van der Waals surface area contributed by atoms with E-state index in [4.69, 9.17) is 4.42 Å². The smallest absolute Gasteiger partial charge is 0.241 e. The van der Waals surface area contributed by atoms with E-state index in [2.05, 4.69) is 27.8 Å². The van der Waals surface area contributed by atoms with Gasteiger partial charge in [-0.05, 0) is 50.1 Å². The van der Waals surface area contributed by atoms with Crippen molar-refractivity contribution >= 4 is 27.8 Å². The number of carbonyl (C=O) groups is 1. The highest BCUT2D eigenvalue weighted by Crippen LogP contribution is 2.26. The number of nitrogens with one attached hydrogen (secondary N) is 3. The van der Waals surface area contributed by atoms with Crippen molar-refractivity contribution in [1.29, 1.82) is 0 Å². The number of furan rings is 1. The summed E-state index contributed by atoms with van der Waals surface area (Å²) in [5.74, 6) is 0.735. The van der Waals surface area contributed by atoms with Gasteiger partial charge in [-0.3, -0.25) is 10.1 Å². The van der Waals surface area contributed by atoms with Crippen LogP contribution in [0, 0.1) is 0 Å². The highest BCUT2D eigenvalue weighted by Gasteiger charge is 2.37. The van der Waals surface area contributed by atoms with Crippen molar-refractivity contribution in [2.75, 3.05) is 0 Å². The normalized spacial score (nSPS) is 13.7. The summed E-state index contributed by atoms with van der Waals surface area (Å²) >= 11 is 0. The fourth-order valence-corrected chi connectivity index (χ4v) is 4.64. The number of aromatic amines is 1. The van der Waals surface area contributed by atoms with Crippen molar-refractivity contribution in [1.82, 2.24) is 15.6 Å². The molecule has 0 aliphatic carbocycles. The van der Waals surface area contributed by atoms with E-state index in [-0.39, 0.29) is 5.91 Å². The number of hydrogen-bond acceptors (Lipinski definition) is 3. The van der Waals surface area contributed by atoms with Crippen molar-refractivity contribution in [3.05, 3.63) is 108 Å². The van der Waals surface area contributed by atoms with E-state index in [9.17, 15) is 4.79 Å². The maximum Gasteiger partial charge on any atom is 0.241 e. The van der Waals surface area contributed by atoms with E-state index in [0.717, 1.165) is 38.8 Å². The maximum atomic E-state index is 13.9. The molecule has 35 heavy (non-hydrogen) atoms. The molecule has 0 spiro atoms. The minimum absolute atomic E-state index is 0.0623. The number of rotatable bonds is 8. The van der Waals surface area contributed by atoms with E-state index in [1.807, 2.05) is 99.8 Å². The minimum atomic E-state index is -0.879. The second-order valence-electron chi connectivity index (χ2n) is 9.92. The fraction of sp³-hybridized carbons (Fsp3) is 0.233. The van der Waals surface area contributed by atoms with Gasteiger partial charge in [0.1, 0.15) is 11.3 Å². The molecule has 2 aromatic heterocycles. The Labute approximate surface area is 205 Å². The third-order valence-corrected chi connectivity index (χ3v) is 6.77. The average Bonchev–Trinajstić information content (AvgIpc) is 3.47. The summed E-state index contributed by atoms with van der Waals surface area (Å²) in [6.07, 6.45) is 2.52. The highest BCUT2D eigenvalue weighted by molar-refractivity contribution is 5.89. The number of carbonyl (C=O) groups excluding carboxylic acids is 1. The standard InChI is InChI=1S/C30H31N3O2/c1-29(2,23-12-5-4-6-13-23)33-28(34)30(3,18-22-19-31-26-15-9-8-14-25(22)26)32-20-24-17-21-11-7-10-16-27(21)35-24/h4-17,19,31-32H,18,20H2,1-3H3,(H,33,34). The van der Waals surface area contributed by atoms with Gasteiger partial charge in [0.15, 0.2) is 0 Å². The molecule has 0 saturated carbocycles. The average molecular weight is 466 g/mol. The zero-order valence-corrected chi connectivity index (χ0v) is 20.4. The molecule has 0 aliphatic heterocycles. The SMILES string of the molecule is CC(Cc1c[nH]c2ccccc12)(NCc1cc2ccccc2o1)C(=O)NC(C)(C)c1ccccc1. The number of aromatic nitrogens is 1. The summed E-state index contributed by atoms with van der Waals surface area (Å²) in [6.45, 7) is 6.47. The molecule has 178 valence electrons. The van der Waals surface area contributed by atoms with E-state index in [1.165, 1.54) is 0 Å². The summed E-state index contributed by atoms with van der Waals surface area (Å²) in [5.41, 5.74) is 2.65. The quantitative estimate of drug-likeness (QED) is 0.261. The largest absolute Gasteiger partial charge is 0.460 e. The molecular formula is C30H31N3O2. The molecule has 1 unspecified atom stereocenters. The van der Waals surface area contributed by atoms with Crippen molar-refractivity contribution < 1.29 is 9.21 Å². The number of amides is 1. The Kier molecular flexibility index (Phi) is 5.95. The molecule has 1 amide bonds. The molecule has 0 bridgehead atoms. The summed E-state index contributed by atoms with van der Waals surface area (Å²) < 4.78 is 6.02. The molecule has 3 aromatic carbocycles. The lowest BCUT2D eigenvalue weighted by molar-refractivity contribution is -0.129. The molecule has 5 nitrogen and oxygen atoms in total. The minimum Gasteiger partial charge on any atom is -0.460 e. The Hall–Kier alpha value is -3.83. The van der Waals surface area contributed by atoms with Crippen LogP contribution in [0.4, 0.5) is 0 Å². The van der Waals surface area contributed by atoms with Gasteiger partial charge in [-0.25, -0.2) is 0 Å². The third-order valence-electron chi connectivity index (χ3n) is 6.77. The lowest BCUT2D eigenvalue weighted by atomic mass is 9.88. The molecule has 0 aliphatic rings. The van der Waals surface area contributed by atoms with Crippen LogP contribution in [0.15, 0.2) is 95.5 Å². The predicted molar refractivity (Wildman–Crippen MR) is 141 cm³/mol. The molecular weight excluding hydrogens is 434 g/mol. The first-order valence-corrected chi connectivity index (χ1v) is 12.0. The fourth-order valence-electron chi connectivity index (χ4n) is 4.64. The molecule has 1 atom stereocenters. The third kappa shape index (κ3) is 4.73. The van der Waals surface area contributed by atoms with Crippen LogP contribution < -0.4 is 10.6 Å². The van der Waals surface area contributed by atoms with Crippen LogP contribution in [-0.2, 0) is 23.3 Å². The zero-order valence-electron chi connectivity index (χ0n) is 20.4. The first-order chi connectivity index (χ1) is 16.8. The molecule has 0 radical (unpaired) electrons. The molecule has 0 saturated heterocycles. The van der Waals surface area contributed by atoms with Crippen molar-refractivity contribution in [3.8, 4) is 0 Å². The summed E-state index contributed by atoms with van der Waals surface area (Å²) in [5, 5.41) is 9.00. The predicted octanol–water partition coefficient (Wildman–Crippen LogP) is 6.06. The van der Waals surface area contributed by atoms with Gasteiger partial charge in [0.05, 0.1) is 17.6 Å². The number of H-pyrrole nitrogens is 1. The van der Waals surface area contributed by atoms with Gasteiger partial charge in [-0.15, -0.1) is 0 Å². The monoisotopic (exact) mass is 465 g/mol. The topological polar surface area (TPSA) is 70.1 Å². The summed E-state index contributed by atoms with van der Waals surface area (Å²) in [4.78, 5) is 17.2. The van der Waals surface area contributed by atoms with Crippen molar-refractivity contribution in [3.63, 3.8) is 0 Å². The Bertz CT molecular complexity index is 1430. The van der Waals surface area contributed by atoms with Crippen LogP contribution in [0.1, 0.15) is 37.7 Å². The van der Waals surface area contributed by atoms with Crippen molar-refractivity contribution in [2.45, 2.75) is 44.8 Å². The first-order valence-electron chi connectivity index (χ1n) is 12.0. The van der Waals surface area contributed by atoms with Gasteiger partial charge in [0.2, 0.25) is 5.91 Å². The summed E-state index contributed by atoms with van der Waals surface area (Å²) in [7, 11) is 0. The molecule has 5 rings (SSSR count). The Morgan fingerprint density at radius 3 is 2.43 bits per heavy atom. The summed E-state index contributed by atoms with van der Waals surface area (Å²) in [6, 6.07) is 28.2. The van der Waals surface area contributed by atoms with Crippen LogP contribution in [0.3, 0.4) is 0 Å². The van der Waals surface area contributed by atoms with Gasteiger partial charge in [-0.1, -0.05) is 66.7 Å².